The van der Waals surface area contributed by atoms with Gasteiger partial charge in [0.05, 0.1) is 24.8 Å². The molecule has 0 fully saturated rings. The summed E-state index contributed by atoms with van der Waals surface area (Å²) in [6.07, 6.45) is -0.580. The minimum absolute atomic E-state index is 0.252. The third kappa shape index (κ3) is 2.79. The molecule has 0 saturated carbocycles. The van der Waals surface area contributed by atoms with Crippen molar-refractivity contribution >= 4 is 22.9 Å². The zero-order chi connectivity index (χ0) is 14.7. The second-order valence-electron chi connectivity index (χ2n) is 4.35. The largest absolute Gasteiger partial charge is 0.478 e. The van der Waals surface area contributed by atoms with Gasteiger partial charge in [0, 0.05) is 0 Å². The number of hydrogen-bond donors (Lipinski definition) is 1. The smallest absolute Gasteiger partial charge is 0.412 e. The van der Waals surface area contributed by atoms with Crippen molar-refractivity contribution in [1.82, 2.24) is 9.97 Å². The highest BCUT2D eigenvalue weighted by atomic mass is 16.5. The molecule has 0 aliphatic carbocycles. The Hall–Kier alpha value is -2.37. The molecule has 0 atom stereocenters. The van der Waals surface area contributed by atoms with E-state index in [1.807, 2.05) is 26.0 Å². The van der Waals surface area contributed by atoms with Crippen LogP contribution in [0.3, 0.4) is 0 Å². The number of hydrogen-bond acceptors (Lipinski definition) is 5. The fraction of sp³-hybridized carbons (Fsp3) is 0.357. The van der Waals surface area contributed by atoms with Crippen LogP contribution in [0, 0.1) is 13.8 Å². The maximum absolute atomic E-state index is 11.5. The molecule has 0 spiro atoms. The maximum atomic E-state index is 11.5. The van der Waals surface area contributed by atoms with Crippen LogP contribution in [0.25, 0.3) is 11.0 Å². The third-order valence-electron chi connectivity index (χ3n) is 2.94. The number of carbonyl (C=O) groups is 1. The highest BCUT2D eigenvalue weighted by molar-refractivity contribution is 5.87. The van der Waals surface area contributed by atoms with Crippen LogP contribution in [-0.4, -0.2) is 29.8 Å². The molecule has 1 aromatic carbocycles. The lowest BCUT2D eigenvalue weighted by Gasteiger charge is -2.10. The van der Waals surface area contributed by atoms with Crippen LogP contribution in [0.5, 0.6) is 5.88 Å². The Balaban J connectivity index is 2.48. The number of nitrogens with zero attached hydrogens (tertiary/aromatic N) is 2. The predicted octanol–water partition coefficient (Wildman–Crippen LogP) is 2.82. The summed E-state index contributed by atoms with van der Waals surface area (Å²) in [5.74, 6) is 0.510. The lowest BCUT2D eigenvalue weighted by Crippen LogP contribution is -2.15. The van der Waals surface area contributed by atoms with Gasteiger partial charge in [-0.1, -0.05) is 0 Å². The molecule has 1 amide bonds. The highest BCUT2D eigenvalue weighted by Gasteiger charge is 2.13. The summed E-state index contributed by atoms with van der Waals surface area (Å²) in [4.78, 5) is 20.2. The summed E-state index contributed by atoms with van der Waals surface area (Å²) in [5, 5.41) is 2.53. The molecule has 106 valence electrons. The van der Waals surface area contributed by atoms with Gasteiger partial charge in [-0.3, -0.25) is 5.32 Å². The molecule has 2 rings (SSSR count). The molecule has 2 aromatic rings. The summed E-state index contributed by atoms with van der Waals surface area (Å²) < 4.78 is 9.99. The number of rotatable bonds is 3. The van der Waals surface area contributed by atoms with E-state index in [1.54, 1.807) is 6.92 Å². The van der Waals surface area contributed by atoms with Gasteiger partial charge >= 0.3 is 6.09 Å². The van der Waals surface area contributed by atoms with Crippen molar-refractivity contribution in [1.29, 1.82) is 0 Å². The zero-order valence-corrected chi connectivity index (χ0v) is 12.0. The van der Waals surface area contributed by atoms with Crippen LogP contribution in [-0.2, 0) is 4.74 Å². The molecule has 6 heteroatoms. The zero-order valence-electron chi connectivity index (χ0n) is 12.0. The van der Waals surface area contributed by atoms with Crippen LogP contribution in [0.2, 0.25) is 0 Å². The number of nitrogens with one attached hydrogen (secondary N) is 1. The number of amides is 1. The van der Waals surface area contributed by atoms with E-state index in [0.717, 1.165) is 16.6 Å². The minimum Gasteiger partial charge on any atom is -0.478 e. The molecular formula is C14H17N3O3. The number of anilines is 1. The summed E-state index contributed by atoms with van der Waals surface area (Å²) in [5.41, 5.74) is 3.65. The van der Waals surface area contributed by atoms with Crippen molar-refractivity contribution in [2.24, 2.45) is 0 Å². The first-order valence-electron chi connectivity index (χ1n) is 6.32. The molecule has 1 aromatic heterocycles. The highest BCUT2D eigenvalue weighted by Crippen LogP contribution is 2.25. The Morgan fingerprint density at radius 1 is 1.20 bits per heavy atom. The monoisotopic (exact) mass is 275 g/mol. The Morgan fingerprint density at radius 2 is 1.80 bits per heavy atom. The number of aromatic nitrogens is 2. The average molecular weight is 275 g/mol. The van der Waals surface area contributed by atoms with E-state index >= 15 is 0 Å². The van der Waals surface area contributed by atoms with Crippen LogP contribution in [0.15, 0.2) is 12.1 Å². The van der Waals surface area contributed by atoms with Crippen LogP contribution >= 0.6 is 0 Å². The van der Waals surface area contributed by atoms with Gasteiger partial charge in [0.1, 0.15) is 0 Å². The number of fused-ring (bicyclic) bond motifs is 1. The molecule has 0 aliphatic heterocycles. The van der Waals surface area contributed by atoms with E-state index in [-0.39, 0.29) is 18.3 Å². The first-order valence-corrected chi connectivity index (χ1v) is 6.32. The number of methoxy groups -OCH3 is 1. The minimum atomic E-state index is -0.580. The van der Waals surface area contributed by atoms with Gasteiger partial charge in [-0.2, -0.15) is 0 Å². The number of ether oxygens (including phenoxy) is 2. The van der Waals surface area contributed by atoms with E-state index in [0.29, 0.717) is 5.52 Å². The van der Waals surface area contributed by atoms with Crippen LogP contribution < -0.4 is 10.1 Å². The normalized spacial score (nSPS) is 10.4. The molecule has 0 unspecified atom stereocenters. The second-order valence-corrected chi connectivity index (χ2v) is 4.35. The molecule has 1 heterocycles. The molecular weight excluding hydrogens is 258 g/mol. The quantitative estimate of drug-likeness (QED) is 0.932. The third-order valence-corrected chi connectivity index (χ3v) is 2.94. The molecule has 20 heavy (non-hydrogen) atoms. The van der Waals surface area contributed by atoms with E-state index in [9.17, 15) is 4.79 Å². The summed E-state index contributed by atoms with van der Waals surface area (Å²) in [7, 11) is 1.48. The lowest BCUT2D eigenvalue weighted by atomic mass is 10.1. The Kier molecular flexibility index (Phi) is 4.02. The van der Waals surface area contributed by atoms with Gasteiger partial charge in [0.2, 0.25) is 0 Å². The summed E-state index contributed by atoms with van der Waals surface area (Å²) in [6, 6.07) is 3.86. The van der Waals surface area contributed by atoms with Gasteiger partial charge in [0.15, 0.2) is 5.82 Å². The topological polar surface area (TPSA) is 73.3 Å². The number of aryl methyl sites for hydroxylation is 2. The van der Waals surface area contributed by atoms with Gasteiger partial charge in [-0.15, -0.1) is 0 Å². The van der Waals surface area contributed by atoms with Crippen molar-refractivity contribution < 1.29 is 14.3 Å². The molecule has 6 nitrogen and oxygen atoms in total. The van der Waals surface area contributed by atoms with Gasteiger partial charge in [-0.05, 0) is 44.0 Å². The van der Waals surface area contributed by atoms with E-state index in [2.05, 4.69) is 15.3 Å². The lowest BCUT2D eigenvalue weighted by molar-refractivity contribution is 0.167. The fourth-order valence-corrected chi connectivity index (χ4v) is 1.78. The average Bonchev–Trinajstić information content (AvgIpc) is 2.40. The number of carbonyl (C=O) groups excluding carboxylic acids is 1. The first kappa shape index (κ1) is 14.0. The summed E-state index contributed by atoms with van der Waals surface area (Å²) in [6.45, 7) is 6.02. The maximum Gasteiger partial charge on any atom is 0.412 e. The predicted molar refractivity (Wildman–Crippen MR) is 76.2 cm³/mol. The summed E-state index contributed by atoms with van der Waals surface area (Å²) >= 11 is 0. The molecule has 1 N–H and O–H groups in total. The fourth-order valence-electron chi connectivity index (χ4n) is 1.78. The van der Waals surface area contributed by atoms with Crippen molar-refractivity contribution in [2.75, 3.05) is 19.0 Å². The Labute approximate surface area is 117 Å². The Bertz CT molecular complexity index is 656. The van der Waals surface area contributed by atoms with E-state index in [1.165, 1.54) is 7.11 Å². The van der Waals surface area contributed by atoms with Crippen LogP contribution in [0.4, 0.5) is 10.6 Å². The SMILES string of the molecule is CCOC(=O)Nc1nc2cc(C)c(C)cc2nc1OC. The molecule has 0 radical (unpaired) electrons. The van der Waals surface area contributed by atoms with Crippen molar-refractivity contribution in [3.05, 3.63) is 23.3 Å². The van der Waals surface area contributed by atoms with Gasteiger partial charge in [0.25, 0.3) is 5.88 Å². The molecule has 0 aliphatic rings. The van der Waals surface area contributed by atoms with Crippen molar-refractivity contribution in [3.8, 4) is 5.88 Å². The second kappa shape index (κ2) is 5.73. The van der Waals surface area contributed by atoms with E-state index < -0.39 is 6.09 Å². The van der Waals surface area contributed by atoms with Crippen molar-refractivity contribution in [3.63, 3.8) is 0 Å². The standard InChI is InChI=1S/C14H17N3O3/c1-5-20-14(18)17-12-13(19-4)16-11-7-9(3)8(2)6-10(11)15-12/h6-7H,5H2,1-4H3,(H,15,17,18). The molecule has 0 bridgehead atoms. The van der Waals surface area contributed by atoms with E-state index in [4.69, 9.17) is 9.47 Å². The van der Waals surface area contributed by atoms with Crippen molar-refractivity contribution in [2.45, 2.75) is 20.8 Å². The first-order chi connectivity index (χ1) is 9.55. The van der Waals surface area contributed by atoms with Crippen LogP contribution in [0.1, 0.15) is 18.1 Å². The van der Waals surface area contributed by atoms with Gasteiger partial charge < -0.3 is 9.47 Å². The number of benzene rings is 1. The molecule has 0 saturated heterocycles. The Morgan fingerprint density at radius 3 is 2.35 bits per heavy atom. The van der Waals surface area contributed by atoms with Gasteiger partial charge in [-0.25, -0.2) is 14.8 Å².